The van der Waals surface area contributed by atoms with Crippen LogP contribution in [0.4, 0.5) is 11.4 Å². The van der Waals surface area contributed by atoms with Crippen LogP contribution in [0, 0.1) is 0 Å². The van der Waals surface area contributed by atoms with Gasteiger partial charge in [-0.1, -0.05) is 25.1 Å². The summed E-state index contributed by atoms with van der Waals surface area (Å²) in [5.41, 5.74) is 2.05. The van der Waals surface area contributed by atoms with Gasteiger partial charge in [-0.3, -0.25) is 4.79 Å². The molecule has 2 heterocycles. The Balaban J connectivity index is 1.50. The van der Waals surface area contributed by atoms with Gasteiger partial charge in [0.15, 0.2) is 0 Å². The third-order valence-electron chi connectivity index (χ3n) is 6.51. The van der Waals surface area contributed by atoms with Crippen LogP contribution in [-0.2, 0) is 10.0 Å². The van der Waals surface area contributed by atoms with Crippen molar-refractivity contribution >= 4 is 27.3 Å². The Kier molecular flexibility index (Phi) is 7.33. The molecule has 0 spiro atoms. The molecule has 2 saturated heterocycles. The number of nitrogens with one attached hydrogen (secondary N) is 1. The fraction of sp³-hybridized carbons (Fsp3) is 0.458. The van der Waals surface area contributed by atoms with Crippen molar-refractivity contribution in [3.63, 3.8) is 0 Å². The SMILES string of the molecule is CCN1CCN(c2ccccc2NC(=O)c2cccc(S(=O)(=O)N3CCN(C)CC3)c2)CC1. The molecular weight excluding hydrogens is 438 g/mol. The highest BCUT2D eigenvalue weighted by molar-refractivity contribution is 7.89. The minimum absolute atomic E-state index is 0.156. The van der Waals surface area contributed by atoms with E-state index >= 15 is 0 Å². The lowest BCUT2D eigenvalue weighted by Gasteiger charge is -2.36. The lowest BCUT2D eigenvalue weighted by molar-refractivity contribution is 0.102. The molecule has 33 heavy (non-hydrogen) atoms. The molecule has 0 unspecified atom stereocenters. The normalized spacial score (nSPS) is 18.9. The molecule has 0 aliphatic carbocycles. The van der Waals surface area contributed by atoms with E-state index in [-0.39, 0.29) is 10.8 Å². The van der Waals surface area contributed by atoms with Crippen molar-refractivity contribution in [2.75, 3.05) is 76.2 Å². The molecule has 1 N–H and O–H groups in total. The van der Waals surface area contributed by atoms with E-state index in [1.54, 1.807) is 18.2 Å². The second kappa shape index (κ2) is 10.2. The number of anilines is 2. The second-order valence-corrected chi connectivity index (χ2v) is 10.6. The van der Waals surface area contributed by atoms with E-state index in [9.17, 15) is 13.2 Å². The third kappa shape index (κ3) is 5.38. The van der Waals surface area contributed by atoms with Gasteiger partial charge in [0.05, 0.1) is 16.3 Å². The van der Waals surface area contributed by atoms with Crippen LogP contribution < -0.4 is 10.2 Å². The lowest BCUT2D eigenvalue weighted by Crippen LogP contribution is -2.47. The second-order valence-electron chi connectivity index (χ2n) is 8.63. The van der Waals surface area contributed by atoms with E-state index in [2.05, 4.69) is 26.9 Å². The molecule has 2 aliphatic rings. The Labute approximate surface area is 196 Å². The molecule has 9 heteroatoms. The Morgan fingerprint density at radius 2 is 1.61 bits per heavy atom. The number of hydrogen-bond donors (Lipinski definition) is 1. The molecule has 178 valence electrons. The maximum absolute atomic E-state index is 13.1. The van der Waals surface area contributed by atoms with Crippen LogP contribution in [0.1, 0.15) is 17.3 Å². The molecule has 2 aromatic rings. The lowest BCUT2D eigenvalue weighted by atomic mass is 10.1. The molecule has 0 radical (unpaired) electrons. The number of nitrogens with zero attached hydrogens (tertiary/aromatic N) is 4. The number of sulfonamides is 1. The van der Waals surface area contributed by atoms with Crippen molar-refractivity contribution in [1.29, 1.82) is 0 Å². The van der Waals surface area contributed by atoms with Gasteiger partial charge in [0.2, 0.25) is 10.0 Å². The van der Waals surface area contributed by atoms with Crippen molar-refractivity contribution in [1.82, 2.24) is 14.1 Å². The number of piperazine rings is 2. The fourth-order valence-corrected chi connectivity index (χ4v) is 5.80. The summed E-state index contributed by atoms with van der Waals surface area (Å²) in [6, 6.07) is 14.1. The fourth-order valence-electron chi connectivity index (χ4n) is 4.33. The van der Waals surface area contributed by atoms with Gasteiger partial charge in [-0.05, 0) is 43.9 Å². The summed E-state index contributed by atoms with van der Waals surface area (Å²) >= 11 is 0. The zero-order valence-electron chi connectivity index (χ0n) is 19.4. The molecular formula is C24H33N5O3S. The first-order valence-electron chi connectivity index (χ1n) is 11.5. The number of amides is 1. The highest BCUT2D eigenvalue weighted by atomic mass is 32.2. The van der Waals surface area contributed by atoms with Crippen molar-refractivity contribution in [3.05, 3.63) is 54.1 Å². The molecule has 8 nitrogen and oxygen atoms in total. The molecule has 0 atom stereocenters. The summed E-state index contributed by atoms with van der Waals surface area (Å²) in [5, 5.41) is 3.00. The Morgan fingerprint density at radius 1 is 0.909 bits per heavy atom. The average Bonchev–Trinajstić information content (AvgIpc) is 2.85. The van der Waals surface area contributed by atoms with Gasteiger partial charge >= 0.3 is 0 Å². The van der Waals surface area contributed by atoms with Crippen LogP contribution in [0.15, 0.2) is 53.4 Å². The van der Waals surface area contributed by atoms with Crippen molar-refractivity contribution in [2.45, 2.75) is 11.8 Å². The van der Waals surface area contributed by atoms with Gasteiger partial charge in [-0.15, -0.1) is 0 Å². The minimum Gasteiger partial charge on any atom is -0.367 e. The Bertz CT molecular complexity index is 1080. The summed E-state index contributed by atoms with van der Waals surface area (Å²) in [6.07, 6.45) is 0. The van der Waals surface area contributed by atoms with E-state index in [0.29, 0.717) is 31.7 Å². The monoisotopic (exact) mass is 471 g/mol. The van der Waals surface area contributed by atoms with Crippen LogP contribution in [0.5, 0.6) is 0 Å². The predicted octanol–water partition coefficient (Wildman–Crippen LogP) is 2.02. The quantitative estimate of drug-likeness (QED) is 0.695. The molecule has 2 aliphatic heterocycles. The number of para-hydroxylation sites is 2. The molecule has 0 bridgehead atoms. The van der Waals surface area contributed by atoms with Crippen LogP contribution in [-0.4, -0.2) is 94.4 Å². The van der Waals surface area contributed by atoms with Gasteiger partial charge in [0.1, 0.15) is 0 Å². The maximum atomic E-state index is 13.1. The van der Waals surface area contributed by atoms with Crippen molar-refractivity contribution in [2.24, 2.45) is 0 Å². The largest absolute Gasteiger partial charge is 0.367 e. The zero-order chi connectivity index (χ0) is 23.4. The van der Waals surface area contributed by atoms with Gasteiger partial charge in [-0.25, -0.2) is 8.42 Å². The third-order valence-corrected chi connectivity index (χ3v) is 8.40. The molecule has 2 fully saturated rings. The molecule has 0 aromatic heterocycles. The van der Waals surface area contributed by atoms with Crippen LogP contribution >= 0.6 is 0 Å². The highest BCUT2D eigenvalue weighted by Gasteiger charge is 2.28. The van der Waals surface area contributed by atoms with E-state index in [4.69, 9.17) is 0 Å². The Morgan fingerprint density at radius 3 is 2.30 bits per heavy atom. The van der Waals surface area contributed by atoms with Crippen LogP contribution in [0.25, 0.3) is 0 Å². The number of rotatable bonds is 6. The highest BCUT2D eigenvalue weighted by Crippen LogP contribution is 2.27. The van der Waals surface area contributed by atoms with Crippen LogP contribution in [0.2, 0.25) is 0 Å². The number of carbonyl (C=O) groups excluding carboxylic acids is 1. The van der Waals surface area contributed by atoms with Crippen LogP contribution in [0.3, 0.4) is 0 Å². The number of benzene rings is 2. The van der Waals surface area contributed by atoms with Crippen molar-refractivity contribution in [3.8, 4) is 0 Å². The molecule has 4 rings (SSSR count). The number of carbonyl (C=O) groups is 1. The number of hydrogen-bond acceptors (Lipinski definition) is 6. The van der Waals surface area contributed by atoms with Crippen molar-refractivity contribution < 1.29 is 13.2 Å². The topological polar surface area (TPSA) is 76.2 Å². The first-order valence-corrected chi connectivity index (χ1v) is 13.0. The summed E-state index contributed by atoms with van der Waals surface area (Å²) in [6.45, 7) is 9.30. The van der Waals surface area contributed by atoms with E-state index < -0.39 is 10.0 Å². The first-order chi connectivity index (χ1) is 15.9. The summed E-state index contributed by atoms with van der Waals surface area (Å²) in [4.78, 5) is 20.1. The van der Waals surface area contributed by atoms with E-state index in [0.717, 1.165) is 44.1 Å². The standard InChI is InChI=1S/C24H33N5O3S/c1-3-27-13-15-28(16-14-27)23-10-5-4-9-22(23)25-24(30)20-7-6-8-21(19-20)33(31,32)29-17-11-26(2)12-18-29/h4-10,19H,3,11-18H2,1-2H3,(H,25,30). The maximum Gasteiger partial charge on any atom is 0.255 e. The zero-order valence-corrected chi connectivity index (χ0v) is 20.2. The molecule has 2 aromatic carbocycles. The van der Waals surface area contributed by atoms with Gasteiger partial charge in [-0.2, -0.15) is 4.31 Å². The predicted molar refractivity (Wildman–Crippen MR) is 131 cm³/mol. The molecule has 0 saturated carbocycles. The summed E-state index contributed by atoms with van der Waals surface area (Å²) in [5.74, 6) is -0.315. The Hall–Kier alpha value is -2.46. The van der Waals surface area contributed by atoms with Gasteiger partial charge in [0, 0.05) is 57.9 Å². The first kappa shape index (κ1) is 23.7. The van der Waals surface area contributed by atoms with Gasteiger partial charge < -0.3 is 20.0 Å². The summed E-state index contributed by atoms with van der Waals surface area (Å²) < 4.78 is 27.7. The van der Waals surface area contributed by atoms with E-state index in [1.165, 1.54) is 10.4 Å². The average molecular weight is 472 g/mol. The molecule has 1 amide bonds. The summed E-state index contributed by atoms with van der Waals surface area (Å²) in [7, 11) is -1.65. The minimum atomic E-state index is -3.63. The van der Waals surface area contributed by atoms with Gasteiger partial charge in [0.25, 0.3) is 5.91 Å². The smallest absolute Gasteiger partial charge is 0.255 e. The van der Waals surface area contributed by atoms with E-state index in [1.807, 2.05) is 31.3 Å². The number of likely N-dealkylation sites (N-methyl/N-ethyl adjacent to an activating group) is 2.